The van der Waals surface area contributed by atoms with Gasteiger partial charge >= 0.3 is 5.97 Å². The molecule has 0 amide bonds. The fourth-order valence-electron chi connectivity index (χ4n) is 5.06. The number of pyridine rings is 2. The van der Waals surface area contributed by atoms with Gasteiger partial charge in [-0.2, -0.15) is 0 Å². The number of aliphatic hydroxyl groups is 1. The molecule has 7 rings (SSSR count). The molecule has 9 nitrogen and oxygen atoms in total. The van der Waals surface area contributed by atoms with Gasteiger partial charge in [-0.1, -0.05) is 0 Å². The van der Waals surface area contributed by atoms with E-state index in [4.69, 9.17) is 19.2 Å². The van der Waals surface area contributed by atoms with Crippen molar-refractivity contribution in [2.24, 2.45) is 0 Å². The number of cyclic esters (lactones) is 1. The molecule has 4 aromatic rings. The van der Waals surface area contributed by atoms with Crippen LogP contribution < -0.4 is 20.3 Å². The van der Waals surface area contributed by atoms with Gasteiger partial charge < -0.3 is 29.2 Å². The predicted octanol–water partition coefficient (Wildman–Crippen LogP) is 3.00. The number of anilines is 1. The first kappa shape index (κ1) is 20.9. The van der Waals surface area contributed by atoms with Crippen LogP contribution in [0.15, 0.2) is 47.3 Å². The zero-order valence-corrected chi connectivity index (χ0v) is 18.7. The van der Waals surface area contributed by atoms with E-state index in [1.54, 1.807) is 28.8 Å². The maximum atomic E-state index is 13.4. The van der Waals surface area contributed by atoms with Crippen molar-refractivity contribution in [1.29, 1.82) is 0 Å². The second-order valence-corrected chi connectivity index (χ2v) is 8.87. The minimum atomic E-state index is -1.52. The summed E-state index contributed by atoms with van der Waals surface area (Å²) in [5.74, 6) is 0.0704. The molecule has 0 radical (unpaired) electrons. The van der Waals surface area contributed by atoms with E-state index in [1.807, 2.05) is 6.07 Å². The first-order valence-corrected chi connectivity index (χ1v) is 11.3. The first-order chi connectivity index (χ1) is 17.5. The smallest absolute Gasteiger partial charge is 0.340 e. The van der Waals surface area contributed by atoms with Crippen LogP contribution in [0.3, 0.4) is 0 Å². The summed E-state index contributed by atoms with van der Waals surface area (Å²) in [6.45, 7) is 0.571. The van der Waals surface area contributed by atoms with Gasteiger partial charge in [0.1, 0.15) is 12.4 Å². The average Bonchev–Trinajstić information content (AvgIpc) is 3.48. The van der Waals surface area contributed by atoms with E-state index in [0.717, 1.165) is 22.2 Å². The molecule has 3 aliphatic heterocycles. The quantitative estimate of drug-likeness (QED) is 0.374. The lowest BCUT2D eigenvalue weighted by atomic mass is 9.98. The maximum absolute atomic E-state index is 13.4. The Balaban J connectivity index is 1.42. The monoisotopic (exact) mass is 487 g/mol. The molecular formula is C26H18FN3O6. The molecule has 1 unspecified atom stereocenters. The van der Waals surface area contributed by atoms with Crippen molar-refractivity contribution in [1.82, 2.24) is 9.55 Å². The van der Waals surface area contributed by atoms with Crippen molar-refractivity contribution in [2.75, 3.05) is 12.1 Å². The van der Waals surface area contributed by atoms with E-state index >= 15 is 0 Å². The number of benzene rings is 2. The number of nitrogens with one attached hydrogen (secondary N) is 1. The Morgan fingerprint density at radius 2 is 1.83 bits per heavy atom. The lowest BCUT2D eigenvalue weighted by Crippen LogP contribution is -2.32. The third-order valence-electron chi connectivity index (χ3n) is 6.88. The third kappa shape index (κ3) is 3.01. The Morgan fingerprint density at radius 1 is 1.06 bits per heavy atom. The number of halogens is 1. The Hall–Kier alpha value is -4.44. The number of fused-ring (bicyclic) bond motifs is 6. The van der Waals surface area contributed by atoms with Crippen molar-refractivity contribution in [3.63, 3.8) is 0 Å². The van der Waals surface area contributed by atoms with Gasteiger partial charge in [0.05, 0.1) is 29.0 Å². The minimum absolute atomic E-state index is 0.118. The molecule has 0 bridgehead atoms. The maximum Gasteiger partial charge on any atom is 0.340 e. The van der Waals surface area contributed by atoms with Crippen LogP contribution in [0, 0.1) is 5.82 Å². The number of hydrogen-bond acceptors (Lipinski definition) is 8. The first-order valence-electron chi connectivity index (χ1n) is 11.3. The van der Waals surface area contributed by atoms with Gasteiger partial charge in [-0.25, -0.2) is 14.2 Å². The number of carbonyl (C=O) groups is 1. The lowest BCUT2D eigenvalue weighted by Gasteiger charge is -2.21. The van der Waals surface area contributed by atoms with Crippen molar-refractivity contribution >= 4 is 22.6 Å². The van der Waals surface area contributed by atoms with Crippen molar-refractivity contribution in [3.8, 4) is 22.9 Å². The molecule has 2 aromatic carbocycles. The Bertz CT molecular complexity index is 1660. The zero-order chi connectivity index (χ0) is 24.6. The van der Waals surface area contributed by atoms with Gasteiger partial charge in [-0.3, -0.25) is 4.79 Å². The van der Waals surface area contributed by atoms with E-state index in [9.17, 15) is 19.1 Å². The second-order valence-electron chi connectivity index (χ2n) is 8.87. The van der Waals surface area contributed by atoms with Crippen LogP contribution in [0.4, 0.5) is 10.1 Å². The van der Waals surface area contributed by atoms with Crippen LogP contribution >= 0.6 is 0 Å². The van der Waals surface area contributed by atoms with E-state index in [2.05, 4.69) is 5.32 Å². The number of rotatable bonds is 3. The topological polar surface area (TPSA) is 112 Å². The highest BCUT2D eigenvalue weighted by atomic mass is 19.1. The Kier molecular flexibility index (Phi) is 4.37. The normalized spacial score (nSPS) is 16.9. The molecule has 0 saturated heterocycles. The van der Waals surface area contributed by atoms with Gasteiger partial charge in [-0.05, 0) is 42.0 Å². The Labute approximate surface area is 202 Å². The fourth-order valence-corrected chi connectivity index (χ4v) is 5.06. The molecular weight excluding hydrogens is 469 g/mol. The number of hydrogen-bond donors (Lipinski definition) is 2. The van der Waals surface area contributed by atoms with Crippen LogP contribution in [-0.2, 0) is 29.2 Å². The van der Waals surface area contributed by atoms with Gasteiger partial charge in [0.25, 0.3) is 5.56 Å². The van der Waals surface area contributed by atoms with Crippen LogP contribution in [0.25, 0.3) is 22.3 Å². The van der Waals surface area contributed by atoms with Crippen molar-refractivity contribution in [3.05, 3.63) is 80.9 Å². The van der Waals surface area contributed by atoms with E-state index in [-0.39, 0.29) is 42.4 Å². The standard InChI is InChI=1S/C26H18FN3O6/c27-12-1-3-13(4-2-12)28-8-16-14-6-21-22(36-11-35-21)7-19(14)29-23-17(16)9-30-20(23)5-15-18(25(30)32)10-34-26(33)24(15)31/h1-7,24,28,31H,8-11H2. The molecule has 5 heterocycles. The molecule has 36 heavy (non-hydrogen) atoms. The highest BCUT2D eigenvalue weighted by Gasteiger charge is 2.35. The summed E-state index contributed by atoms with van der Waals surface area (Å²) in [5, 5.41) is 14.5. The molecule has 10 heteroatoms. The third-order valence-corrected chi connectivity index (χ3v) is 6.88. The summed E-state index contributed by atoms with van der Waals surface area (Å²) < 4.78 is 31.1. The number of carbonyl (C=O) groups excluding carboxylic acids is 1. The number of aliphatic hydroxyl groups excluding tert-OH is 1. The summed E-state index contributed by atoms with van der Waals surface area (Å²) >= 11 is 0. The fraction of sp³-hybridized carbons (Fsp3) is 0.192. The summed E-state index contributed by atoms with van der Waals surface area (Å²) in [7, 11) is 0. The molecule has 0 fully saturated rings. The SMILES string of the molecule is O=C1OCc2c(cc3n(c2=O)Cc2c-3nc3cc4c(cc3c2CNc2ccc(F)cc2)OCO4)C1O. The van der Waals surface area contributed by atoms with Gasteiger partial charge in [-0.15, -0.1) is 0 Å². The van der Waals surface area contributed by atoms with Gasteiger partial charge in [0.2, 0.25) is 6.79 Å². The average molecular weight is 487 g/mol. The summed E-state index contributed by atoms with van der Waals surface area (Å²) in [5.41, 5.74) is 4.38. The number of aromatic nitrogens is 2. The van der Waals surface area contributed by atoms with E-state index < -0.39 is 12.1 Å². The minimum Gasteiger partial charge on any atom is -0.458 e. The summed E-state index contributed by atoms with van der Waals surface area (Å²) in [6, 6.07) is 11.4. The number of esters is 1. The molecule has 2 aromatic heterocycles. The highest BCUT2D eigenvalue weighted by molar-refractivity contribution is 5.91. The summed E-state index contributed by atoms with van der Waals surface area (Å²) in [4.78, 5) is 30.2. The zero-order valence-electron chi connectivity index (χ0n) is 18.7. The number of nitrogens with zero attached hydrogens (tertiary/aromatic N) is 2. The van der Waals surface area contributed by atoms with Gasteiger partial charge in [0.15, 0.2) is 17.6 Å². The summed E-state index contributed by atoms with van der Waals surface area (Å²) in [6.07, 6.45) is -1.52. The molecule has 0 aliphatic carbocycles. The molecule has 180 valence electrons. The van der Waals surface area contributed by atoms with Gasteiger partial charge in [0, 0.05) is 34.8 Å². The second kappa shape index (κ2) is 7.53. The molecule has 1 atom stereocenters. The van der Waals surface area contributed by atoms with Crippen LogP contribution in [0.1, 0.15) is 28.4 Å². The molecule has 3 aliphatic rings. The number of ether oxygens (including phenoxy) is 3. The van der Waals surface area contributed by atoms with E-state index in [1.165, 1.54) is 12.1 Å². The van der Waals surface area contributed by atoms with Crippen LogP contribution in [0.2, 0.25) is 0 Å². The Morgan fingerprint density at radius 3 is 2.64 bits per heavy atom. The largest absolute Gasteiger partial charge is 0.458 e. The molecule has 0 saturated carbocycles. The van der Waals surface area contributed by atoms with Crippen molar-refractivity contribution in [2.45, 2.75) is 25.8 Å². The van der Waals surface area contributed by atoms with Crippen molar-refractivity contribution < 1.29 is 28.5 Å². The molecule has 0 spiro atoms. The molecule has 2 N–H and O–H groups in total. The van der Waals surface area contributed by atoms with Crippen LogP contribution in [-0.4, -0.2) is 27.4 Å². The predicted molar refractivity (Wildman–Crippen MR) is 125 cm³/mol. The van der Waals surface area contributed by atoms with Crippen LogP contribution in [0.5, 0.6) is 11.5 Å². The highest BCUT2D eigenvalue weighted by Crippen LogP contribution is 2.42. The van der Waals surface area contributed by atoms with E-state index in [0.29, 0.717) is 34.9 Å². The lowest BCUT2D eigenvalue weighted by molar-refractivity contribution is -0.157.